The van der Waals surface area contributed by atoms with Gasteiger partial charge in [0.25, 0.3) is 0 Å². The van der Waals surface area contributed by atoms with Crippen molar-refractivity contribution in [3.8, 4) is 22.9 Å². The van der Waals surface area contributed by atoms with Crippen LogP contribution in [0.4, 0.5) is 5.82 Å². The van der Waals surface area contributed by atoms with Crippen LogP contribution < -0.4 is 4.90 Å². The van der Waals surface area contributed by atoms with Gasteiger partial charge in [0.2, 0.25) is 10.0 Å². The summed E-state index contributed by atoms with van der Waals surface area (Å²) in [4.78, 5) is 14.1. The second kappa shape index (κ2) is 11.1. The Morgan fingerprint density at radius 3 is 2.25 bits per heavy atom. The summed E-state index contributed by atoms with van der Waals surface area (Å²) in [6.45, 7) is 10.1. The van der Waals surface area contributed by atoms with Crippen LogP contribution in [0, 0.1) is 0 Å². The smallest absolute Gasteiger partial charge is 0.211 e. The molecule has 0 unspecified atom stereocenters. The van der Waals surface area contributed by atoms with Gasteiger partial charge in [0.05, 0.1) is 22.9 Å². The quantitative estimate of drug-likeness (QED) is 0.508. The lowest BCUT2D eigenvalue weighted by atomic mass is 10.2. The fraction of sp³-hybridized carbons (Fsp3) is 0.455. The molecule has 1 aliphatic heterocycles. The molecule has 0 amide bonds. The number of hydrogen-bond donors (Lipinski definition) is 3. The monoisotopic (exact) mass is 463 g/mol. The molecule has 1 saturated heterocycles. The molecule has 1 aromatic carbocycles. The average Bonchev–Trinajstić information content (AvgIpc) is 3.18. The number of piperazine rings is 1. The third-order valence-electron chi connectivity index (χ3n) is 4.63. The predicted octanol–water partition coefficient (Wildman–Crippen LogP) is 3.56. The Hall–Kier alpha value is -2.85. The number of rotatable bonds is 3. The molecule has 0 aliphatic carbocycles. The third-order valence-corrected chi connectivity index (χ3v) is 5.93. The van der Waals surface area contributed by atoms with Gasteiger partial charge in [-0.15, -0.1) is 0 Å². The number of aromatic nitrogens is 3. The number of imidazole rings is 1. The van der Waals surface area contributed by atoms with Gasteiger partial charge in [0, 0.05) is 44.5 Å². The minimum absolute atomic E-state index is 0.221. The van der Waals surface area contributed by atoms with E-state index in [1.807, 2.05) is 24.8 Å². The zero-order chi connectivity index (χ0) is 23.9. The summed E-state index contributed by atoms with van der Waals surface area (Å²) < 4.78 is 24.9. The minimum Gasteiger partial charge on any atom is -0.504 e. The molecule has 4 rings (SSSR count). The average molecular weight is 464 g/mol. The number of nitrogens with one attached hydrogen (secondary N) is 1. The lowest BCUT2D eigenvalue weighted by Gasteiger charge is -2.34. The van der Waals surface area contributed by atoms with Crippen molar-refractivity contribution in [3.05, 3.63) is 30.5 Å². The van der Waals surface area contributed by atoms with Gasteiger partial charge in [-0.1, -0.05) is 34.1 Å². The molecule has 3 N–H and O–H groups in total. The summed E-state index contributed by atoms with van der Waals surface area (Å²) in [6.07, 6.45) is 4.15. The van der Waals surface area contributed by atoms with Crippen LogP contribution in [0.2, 0.25) is 0 Å². The first kappa shape index (κ1) is 25.4. The van der Waals surface area contributed by atoms with Gasteiger partial charge >= 0.3 is 0 Å². The number of phenols is 2. The largest absolute Gasteiger partial charge is 0.504 e. The second-order valence-corrected chi connectivity index (χ2v) is 9.16. The van der Waals surface area contributed by atoms with Crippen LogP contribution in [-0.4, -0.2) is 70.3 Å². The van der Waals surface area contributed by atoms with E-state index in [1.165, 1.54) is 29.1 Å². The molecule has 32 heavy (non-hydrogen) atoms. The van der Waals surface area contributed by atoms with E-state index in [9.17, 15) is 18.6 Å². The van der Waals surface area contributed by atoms with Gasteiger partial charge in [-0.2, -0.15) is 4.31 Å². The molecule has 176 valence electrons. The first-order valence-electron chi connectivity index (χ1n) is 10.8. The summed E-state index contributed by atoms with van der Waals surface area (Å²) in [5, 5.41) is 19.3. The Morgan fingerprint density at radius 1 is 1.06 bits per heavy atom. The predicted molar refractivity (Wildman–Crippen MR) is 129 cm³/mol. The van der Waals surface area contributed by atoms with Crippen molar-refractivity contribution in [3.63, 3.8) is 0 Å². The van der Waals surface area contributed by atoms with Crippen LogP contribution in [0.25, 0.3) is 22.4 Å². The normalized spacial score (nSPS) is 14.3. The third kappa shape index (κ3) is 5.89. The van der Waals surface area contributed by atoms with Gasteiger partial charge in [0.1, 0.15) is 11.6 Å². The molecule has 10 heteroatoms. The van der Waals surface area contributed by atoms with E-state index in [-0.39, 0.29) is 11.5 Å². The van der Waals surface area contributed by atoms with Crippen molar-refractivity contribution in [2.75, 3.05) is 37.3 Å². The van der Waals surface area contributed by atoms with Crippen LogP contribution in [0.5, 0.6) is 11.5 Å². The Bertz CT molecular complexity index is 1080. The van der Waals surface area contributed by atoms with Crippen molar-refractivity contribution in [2.24, 2.45) is 0 Å². The first-order valence-corrected chi connectivity index (χ1v) is 12.7. The van der Waals surface area contributed by atoms with E-state index in [4.69, 9.17) is 0 Å². The molecular weight excluding hydrogens is 430 g/mol. The van der Waals surface area contributed by atoms with Gasteiger partial charge in [-0.3, -0.25) is 0 Å². The van der Waals surface area contributed by atoms with Gasteiger partial charge in [0.15, 0.2) is 11.5 Å². The zero-order valence-electron chi connectivity index (χ0n) is 19.3. The standard InChI is InChI=1S/C17H19N5O4S.C3H8.C2H6/c1-27(25,26)22-7-5-21(6-8-22)17-11(3-2-4-18-17)16-19-12-9-14(23)15(24)10-13(12)20-16;1-3-2;1-2/h2-4,9-10,23-24H,5-8H2,1H3,(H,19,20);3H2,1-2H3;1-2H3. The molecule has 3 heterocycles. The van der Waals surface area contributed by atoms with Crippen LogP contribution in [-0.2, 0) is 10.0 Å². The highest BCUT2D eigenvalue weighted by Gasteiger charge is 2.26. The number of sulfonamides is 1. The van der Waals surface area contributed by atoms with Crippen LogP contribution in [0.15, 0.2) is 30.5 Å². The summed E-state index contributed by atoms with van der Waals surface area (Å²) in [5.74, 6) is 0.812. The van der Waals surface area contributed by atoms with E-state index < -0.39 is 10.0 Å². The number of nitrogens with zero attached hydrogens (tertiary/aromatic N) is 4. The molecule has 2 aromatic heterocycles. The maximum atomic E-state index is 11.7. The van der Waals surface area contributed by atoms with Crippen molar-refractivity contribution in [1.29, 1.82) is 0 Å². The van der Waals surface area contributed by atoms with Crippen molar-refractivity contribution >= 4 is 26.9 Å². The number of aromatic hydroxyl groups is 2. The molecule has 9 nitrogen and oxygen atoms in total. The second-order valence-electron chi connectivity index (χ2n) is 7.17. The summed E-state index contributed by atoms with van der Waals surface area (Å²) in [6, 6.07) is 6.49. The van der Waals surface area contributed by atoms with Gasteiger partial charge in [-0.25, -0.2) is 18.4 Å². The molecule has 0 radical (unpaired) electrons. The molecule has 1 fully saturated rings. The number of H-pyrrole nitrogens is 1. The number of aromatic amines is 1. The summed E-state index contributed by atoms with van der Waals surface area (Å²) in [7, 11) is -3.20. The summed E-state index contributed by atoms with van der Waals surface area (Å²) >= 11 is 0. The lowest BCUT2D eigenvalue weighted by Crippen LogP contribution is -2.48. The van der Waals surface area contributed by atoms with Crippen LogP contribution in [0.1, 0.15) is 34.1 Å². The van der Waals surface area contributed by atoms with E-state index in [0.29, 0.717) is 48.9 Å². The maximum Gasteiger partial charge on any atom is 0.211 e. The van der Waals surface area contributed by atoms with E-state index in [2.05, 4.69) is 28.8 Å². The fourth-order valence-electron chi connectivity index (χ4n) is 3.23. The molecule has 1 aliphatic rings. The SMILES string of the molecule is CC.CCC.CS(=O)(=O)N1CCN(c2ncccc2-c2nc3cc(O)c(O)cc3[nH]2)CC1. The highest BCUT2D eigenvalue weighted by molar-refractivity contribution is 7.88. The van der Waals surface area contributed by atoms with E-state index >= 15 is 0 Å². The molecule has 0 spiro atoms. The Balaban J connectivity index is 0.000000671. The number of pyridine rings is 1. The number of anilines is 1. The molecule has 0 atom stereocenters. The number of fused-ring (bicyclic) bond motifs is 1. The van der Waals surface area contributed by atoms with E-state index in [1.54, 1.807) is 12.3 Å². The molecule has 0 saturated carbocycles. The number of benzene rings is 1. The highest BCUT2D eigenvalue weighted by atomic mass is 32.2. The summed E-state index contributed by atoms with van der Waals surface area (Å²) in [5.41, 5.74) is 1.88. The number of hydrogen-bond acceptors (Lipinski definition) is 7. The van der Waals surface area contributed by atoms with Crippen molar-refractivity contribution in [2.45, 2.75) is 34.1 Å². The fourth-order valence-corrected chi connectivity index (χ4v) is 4.05. The number of phenolic OH excluding ortho intramolecular Hbond substituents is 2. The maximum absolute atomic E-state index is 11.7. The first-order chi connectivity index (χ1) is 15.2. The zero-order valence-corrected chi connectivity index (χ0v) is 20.1. The molecule has 0 bridgehead atoms. The van der Waals surface area contributed by atoms with E-state index in [0.717, 1.165) is 5.56 Å². The van der Waals surface area contributed by atoms with Gasteiger partial charge < -0.3 is 20.1 Å². The Kier molecular flexibility index (Phi) is 8.85. The van der Waals surface area contributed by atoms with Crippen molar-refractivity contribution in [1.82, 2.24) is 19.3 Å². The highest BCUT2D eigenvalue weighted by Crippen LogP contribution is 2.33. The lowest BCUT2D eigenvalue weighted by molar-refractivity contribution is 0.387. The molecule has 3 aromatic rings. The van der Waals surface area contributed by atoms with Crippen LogP contribution in [0.3, 0.4) is 0 Å². The minimum atomic E-state index is -3.20. The Morgan fingerprint density at radius 2 is 1.66 bits per heavy atom. The molecular formula is C22H33N5O4S. The van der Waals surface area contributed by atoms with Gasteiger partial charge in [-0.05, 0) is 12.1 Å². The van der Waals surface area contributed by atoms with Crippen molar-refractivity contribution < 1.29 is 18.6 Å². The van der Waals surface area contributed by atoms with Crippen LogP contribution >= 0.6 is 0 Å². The Labute approximate surface area is 189 Å². The topological polar surface area (TPSA) is 123 Å².